The van der Waals surface area contributed by atoms with Gasteiger partial charge in [-0.05, 0) is 35.4 Å². The maximum absolute atomic E-state index is 12.9. The smallest absolute Gasteiger partial charge is 0.123 e. The molecule has 0 heterocycles. The minimum absolute atomic E-state index is 0.0837. The van der Waals surface area contributed by atoms with Gasteiger partial charge in [0.2, 0.25) is 0 Å². The van der Waals surface area contributed by atoms with E-state index in [0.29, 0.717) is 11.9 Å². The number of rotatable bonds is 5. The summed E-state index contributed by atoms with van der Waals surface area (Å²) in [4.78, 5) is 0. The molecule has 0 bridgehead atoms. The molecule has 0 aliphatic heterocycles. The largest absolute Gasteiger partial charge is 0.368 e. The number of halogens is 3. The summed E-state index contributed by atoms with van der Waals surface area (Å²) in [7, 11) is 0. The number of alkyl halides is 1. The highest BCUT2D eigenvalue weighted by molar-refractivity contribution is 9.10. The Balaban J connectivity index is 2.01. The lowest BCUT2D eigenvalue weighted by molar-refractivity contribution is 0.0565. The number of benzene rings is 2. The van der Waals surface area contributed by atoms with E-state index in [1.807, 2.05) is 24.3 Å². The van der Waals surface area contributed by atoms with Crippen LogP contribution in [-0.2, 0) is 11.3 Å². The number of hydrogen-bond donors (Lipinski definition) is 0. The van der Waals surface area contributed by atoms with E-state index in [2.05, 4.69) is 31.9 Å². The van der Waals surface area contributed by atoms with Gasteiger partial charge in [0.1, 0.15) is 5.82 Å². The summed E-state index contributed by atoms with van der Waals surface area (Å²) in [5, 5.41) is 0.673. The van der Waals surface area contributed by atoms with Gasteiger partial charge < -0.3 is 4.74 Å². The quantitative estimate of drug-likeness (QED) is 0.637. The van der Waals surface area contributed by atoms with Crippen LogP contribution in [0, 0.1) is 5.82 Å². The second-order valence-corrected chi connectivity index (χ2v) is 5.70. The Morgan fingerprint density at radius 3 is 2.47 bits per heavy atom. The van der Waals surface area contributed by atoms with E-state index in [4.69, 9.17) is 4.74 Å². The van der Waals surface area contributed by atoms with Crippen LogP contribution in [0.25, 0.3) is 0 Å². The van der Waals surface area contributed by atoms with E-state index in [-0.39, 0.29) is 11.9 Å². The highest BCUT2D eigenvalue weighted by Gasteiger charge is 2.10. The fourth-order valence-corrected chi connectivity index (χ4v) is 2.74. The van der Waals surface area contributed by atoms with E-state index in [1.165, 1.54) is 12.1 Å². The van der Waals surface area contributed by atoms with E-state index >= 15 is 0 Å². The maximum atomic E-state index is 12.9. The summed E-state index contributed by atoms with van der Waals surface area (Å²) in [6.07, 6.45) is -0.0837. The zero-order valence-corrected chi connectivity index (χ0v) is 13.3. The lowest BCUT2D eigenvalue weighted by atomic mass is 10.1. The Labute approximate surface area is 129 Å². The molecule has 1 atom stereocenters. The van der Waals surface area contributed by atoms with E-state index in [0.717, 1.165) is 15.6 Å². The average molecular weight is 388 g/mol. The predicted molar refractivity (Wildman–Crippen MR) is 81.9 cm³/mol. The minimum atomic E-state index is -0.232. The fraction of sp³-hybridized carbons (Fsp3) is 0.200. The molecule has 2 aromatic rings. The van der Waals surface area contributed by atoms with Crippen LogP contribution < -0.4 is 0 Å². The first-order valence-corrected chi connectivity index (χ1v) is 7.78. The van der Waals surface area contributed by atoms with Crippen molar-refractivity contribution in [2.24, 2.45) is 0 Å². The van der Waals surface area contributed by atoms with Crippen LogP contribution in [0.4, 0.5) is 4.39 Å². The van der Waals surface area contributed by atoms with E-state index in [9.17, 15) is 4.39 Å². The molecule has 0 aromatic heterocycles. The van der Waals surface area contributed by atoms with Gasteiger partial charge in [-0.15, -0.1) is 0 Å². The summed E-state index contributed by atoms with van der Waals surface area (Å²) in [5.41, 5.74) is 2.07. The molecule has 0 saturated heterocycles. The second-order valence-electron chi connectivity index (χ2n) is 4.14. The monoisotopic (exact) mass is 386 g/mol. The molecular weight excluding hydrogens is 375 g/mol. The molecule has 4 heteroatoms. The van der Waals surface area contributed by atoms with Gasteiger partial charge in [-0.3, -0.25) is 0 Å². The Morgan fingerprint density at radius 1 is 1.11 bits per heavy atom. The van der Waals surface area contributed by atoms with Gasteiger partial charge in [-0.25, -0.2) is 4.39 Å². The molecule has 2 rings (SSSR count). The normalized spacial score (nSPS) is 12.4. The molecule has 100 valence electrons. The third-order valence-corrected chi connectivity index (χ3v) is 3.80. The van der Waals surface area contributed by atoms with Crippen molar-refractivity contribution in [1.29, 1.82) is 0 Å². The average Bonchev–Trinajstić information content (AvgIpc) is 2.41. The number of ether oxygens (including phenoxy) is 1. The van der Waals surface area contributed by atoms with Crippen LogP contribution >= 0.6 is 31.9 Å². The molecule has 0 aliphatic carbocycles. The van der Waals surface area contributed by atoms with Gasteiger partial charge in [0.25, 0.3) is 0 Å². The Bertz CT molecular complexity index is 528. The van der Waals surface area contributed by atoms with Gasteiger partial charge in [0.15, 0.2) is 0 Å². The molecule has 19 heavy (non-hydrogen) atoms. The summed E-state index contributed by atoms with van der Waals surface area (Å²) in [6.45, 7) is 0.521. The van der Waals surface area contributed by atoms with Crippen molar-refractivity contribution in [3.05, 3.63) is 69.9 Å². The fourth-order valence-electron chi connectivity index (χ4n) is 1.73. The zero-order chi connectivity index (χ0) is 13.7. The Morgan fingerprint density at radius 2 is 1.84 bits per heavy atom. The third kappa shape index (κ3) is 4.41. The van der Waals surface area contributed by atoms with Crippen LogP contribution in [0.1, 0.15) is 17.2 Å². The van der Waals surface area contributed by atoms with Crippen LogP contribution in [-0.4, -0.2) is 5.33 Å². The van der Waals surface area contributed by atoms with Crippen molar-refractivity contribution in [2.75, 3.05) is 5.33 Å². The van der Waals surface area contributed by atoms with Crippen LogP contribution in [0.5, 0.6) is 0 Å². The molecule has 2 aromatic carbocycles. The Kier molecular flexibility index (Phi) is 5.55. The molecule has 0 fully saturated rings. The topological polar surface area (TPSA) is 9.23 Å². The van der Waals surface area contributed by atoms with E-state index < -0.39 is 0 Å². The first-order valence-electron chi connectivity index (χ1n) is 5.86. The zero-order valence-electron chi connectivity index (χ0n) is 10.2. The van der Waals surface area contributed by atoms with Crippen molar-refractivity contribution in [2.45, 2.75) is 12.7 Å². The molecule has 1 nitrogen and oxygen atoms in total. The second kappa shape index (κ2) is 7.17. The van der Waals surface area contributed by atoms with Crippen LogP contribution in [0.2, 0.25) is 0 Å². The SMILES string of the molecule is Fc1ccc(C(CBr)OCc2cccc(Br)c2)cc1. The van der Waals surface area contributed by atoms with Gasteiger partial charge in [-0.1, -0.05) is 56.1 Å². The van der Waals surface area contributed by atoms with Crippen molar-refractivity contribution in [3.63, 3.8) is 0 Å². The molecule has 1 unspecified atom stereocenters. The predicted octanol–water partition coefficient (Wildman–Crippen LogP) is 5.24. The van der Waals surface area contributed by atoms with Gasteiger partial charge >= 0.3 is 0 Å². The minimum Gasteiger partial charge on any atom is -0.368 e. The van der Waals surface area contributed by atoms with Crippen molar-refractivity contribution in [1.82, 2.24) is 0 Å². The van der Waals surface area contributed by atoms with Crippen LogP contribution in [0.15, 0.2) is 53.0 Å². The molecule has 0 N–H and O–H groups in total. The van der Waals surface area contributed by atoms with Crippen molar-refractivity contribution >= 4 is 31.9 Å². The van der Waals surface area contributed by atoms with Crippen molar-refractivity contribution in [3.8, 4) is 0 Å². The summed E-state index contributed by atoms with van der Waals surface area (Å²) in [6, 6.07) is 14.4. The number of hydrogen-bond acceptors (Lipinski definition) is 1. The van der Waals surface area contributed by atoms with Gasteiger partial charge in [-0.2, -0.15) is 0 Å². The Hall–Kier alpha value is -0.710. The lowest BCUT2D eigenvalue weighted by Crippen LogP contribution is -2.06. The molecule has 0 spiro atoms. The van der Waals surface area contributed by atoms with Crippen LogP contribution in [0.3, 0.4) is 0 Å². The first kappa shape index (κ1) is 14.7. The highest BCUT2D eigenvalue weighted by Crippen LogP contribution is 2.22. The molecule has 0 amide bonds. The van der Waals surface area contributed by atoms with E-state index in [1.54, 1.807) is 12.1 Å². The highest BCUT2D eigenvalue weighted by atomic mass is 79.9. The standard InChI is InChI=1S/C15H13Br2FO/c16-9-15(12-4-6-14(18)7-5-12)19-10-11-2-1-3-13(17)8-11/h1-8,15H,9-10H2. The molecule has 0 saturated carbocycles. The lowest BCUT2D eigenvalue weighted by Gasteiger charge is -2.16. The maximum Gasteiger partial charge on any atom is 0.123 e. The third-order valence-electron chi connectivity index (χ3n) is 2.72. The molecular formula is C15H13Br2FO. The van der Waals surface area contributed by atoms with Gasteiger partial charge in [0.05, 0.1) is 12.7 Å². The summed E-state index contributed by atoms with van der Waals surface area (Å²) >= 11 is 6.86. The van der Waals surface area contributed by atoms with Gasteiger partial charge in [0, 0.05) is 9.80 Å². The summed E-state index contributed by atoms with van der Waals surface area (Å²) < 4.78 is 19.8. The molecule has 0 aliphatic rings. The molecule has 0 radical (unpaired) electrons. The first-order chi connectivity index (χ1) is 9.19. The van der Waals surface area contributed by atoms with Crippen molar-refractivity contribution < 1.29 is 9.13 Å². The summed E-state index contributed by atoms with van der Waals surface area (Å²) in [5.74, 6) is -0.232.